The molecule has 0 amide bonds. The van der Waals surface area contributed by atoms with Crippen LogP contribution in [0.5, 0.6) is 0 Å². The number of esters is 1. The highest BCUT2D eigenvalue weighted by Crippen LogP contribution is 2.59. The minimum absolute atomic E-state index is 0.0650. The van der Waals surface area contributed by atoms with Crippen molar-refractivity contribution in [2.24, 2.45) is 0 Å². The van der Waals surface area contributed by atoms with E-state index in [-0.39, 0.29) is 31.9 Å². The van der Waals surface area contributed by atoms with Crippen LogP contribution >= 0.6 is 7.60 Å². The van der Waals surface area contributed by atoms with Crippen LogP contribution in [0.25, 0.3) is 0 Å². The molecule has 0 aliphatic rings. The molecule has 1 aromatic rings. The van der Waals surface area contributed by atoms with Crippen molar-refractivity contribution in [3.05, 3.63) is 35.4 Å². The van der Waals surface area contributed by atoms with E-state index >= 15 is 0 Å². The predicted molar refractivity (Wildman–Crippen MR) is 89.7 cm³/mol. The fourth-order valence-electron chi connectivity index (χ4n) is 2.20. The Balaban J connectivity index is 3.17. The molecule has 1 rings (SSSR count). The lowest BCUT2D eigenvalue weighted by atomic mass is 10.1. The van der Waals surface area contributed by atoms with Crippen LogP contribution < -0.4 is 5.32 Å². The monoisotopic (exact) mass is 397 g/mol. The molecule has 0 bridgehead atoms. The van der Waals surface area contributed by atoms with Crippen LogP contribution in [0.2, 0.25) is 0 Å². The zero-order chi connectivity index (χ0) is 19.8. The Bertz CT molecular complexity index is 611. The maximum absolute atomic E-state index is 13.1. The largest absolute Gasteiger partial charge is 0.465 e. The summed E-state index contributed by atoms with van der Waals surface area (Å²) in [6.07, 6.45) is -4.49. The van der Waals surface area contributed by atoms with Gasteiger partial charge >= 0.3 is 19.7 Å². The lowest BCUT2D eigenvalue weighted by Gasteiger charge is -2.27. The molecule has 0 fully saturated rings. The van der Waals surface area contributed by atoms with Crippen molar-refractivity contribution in [1.82, 2.24) is 5.32 Å². The number of halogens is 3. The van der Waals surface area contributed by atoms with Crippen LogP contribution in [0.1, 0.15) is 37.7 Å². The van der Waals surface area contributed by atoms with Crippen LogP contribution in [0.15, 0.2) is 24.3 Å². The molecule has 0 aliphatic heterocycles. The molecule has 26 heavy (non-hydrogen) atoms. The Kier molecular flexibility index (Phi) is 8.76. The van der Waals surface area contributed by atoms with Crippen molar-refractivity contribution in [2.75, 3.05) is 26.4 Å². The molecule has 148 valence electrons. The van der Waals surface area contributed by atoms with Crippen molar-refractivity contribution < 1.29 is 36.3 Å². The molecule has 1 aromatic carbocycles. The number of ether oxygens (including phenoxy) is 1. The number of carbonyl (C=O) groups excluding carboxylic acids is 1. The lowest BCUT2D eigenvalue weighted by Crippen LogP contribution is -2.30. The maximum atomic E-state index is 13.1. The Morgan fingerprint density at radius 1 is 1.08 bits per heavy atom. The van der Waals surface area contributed by atoms with E-state index < -0.39 is 31.1 Å². The van der Waals surface area contributed by atoms with Crippen LogP contribution in [-0.2, 0) is 29.3 Å². The molecule has 6 nitrogen and oxygen atoms in total. The summed E-state index contributed by atoms with van der Waals surface area (Å²) >= 11 is 0. The summed E-state index contributed by atoms with van der Waals surface area (Å²) in [5, 5.41) is 2.72. The van der Waals surface area contributed by atoms with Gasteiger partial charge in [0.05, 0.1) is 31.9 Å². The normalized spacial score (nSPS) is 13.5. The Hall–Kier alpha value is -1.41. The number of alkyl halides is 3. The van der Waals surface area contributed by atoms with Crippen LogP contribution in [0.4, 0.5) is 13.2 Å². The number of nitrogens with one attached hydrogen (secondary N) is 1. The average Bonchev–Trinajstić information content (AvgIpc) is 2.55. The van der Waals surface area contributed by atoms with Gasteiger partial charge in [-0.15, -0.1) is 0 Å². The maximum Gasteiger partial charge on any atom is 0.416 e. The summed E-state index contributed by atoms with van der Waals surface area (Å²) in [6.45, 7) is 4.85. The van der Waals surface area contributed by atoms with Crippen LogP contribution in [-0.4, -0.2) is 32.3 Å². The highest BCUT2D eigenvalue weighted by atomic mass is 31.2. The molecule has 0 radical (unpaired) electrons. The summed E-state index contributed by atoms with van der Waals surface area (Å²) in [4.78, 5) is 11.6. The van der Waals surface area contributed by atoms with E-state index in [9.17, 15) is 22.5 Å². The molecule has 0 saturated heterocycles. The number of rotatable bonds is 10. The topological polar surface area (TPSA) is 73.9 Å². The average molecular weight is 397 g/mol. The highest BCUT2D eigenvalue weighted by molar-refractivity contribution is 7.54. The molecular weight excluding hydrogens is 374 g/mol. The Labute approximate surface area is 150 Å². The van der Waals surface area contributed by atoms with Gasteiger partial charge in [0.15, 0.2) is 0 Å². The van der Waals surface area contributed by atoms with Crippen molar-refractivity contribution in [3.8, 4) is 0 Å². The molecule has 1 N–H and O–H groups in total. The first-order chi connectivity index (χ1) is 12.2. The van der Waals surface area contributed by atoms with E-state index in [0.717, 1.165) is 12.1 Å². The number of hydrogen-bond acceptors (Lipinski definition) is 6. The SMILES string of the molecule is CCOC(=O)CNC(c1ccc(C(F)(F)F)cc1)P(=O)(OCC)OCC. The predicted octanol–water partition coefficient (Wildman–Crippen LogP) is 4.12. The van der Waals surface area contributed by atoms with Gasteiger partial charge < -0.3 is 13.8 Å². The number of hydrogen-bond donors (Lipinski definition) is 1. The van der Waals surface area contributed by atoms with E-state index in [0.29, 0.717) is 0 Å². The van der Waals surface area contributed by atoms with Crippen LogP contribution in [0, 0.1) is 0 Å². The van der Waals surface area contributed by atoms with E-state index in [1.165, 1.54) is 12.1 Å². The second kappa shape index (κ2) is 10.1. The first-order valence-electron chi connectivity index (χ1n) is 8.12. The molecule has 0 spiro atoms. The van der Waals surface area contributed by atoms with Gasteiger partial charge in [-0.1, -0.05) is 12.1 Å². The summed E-state index contributed by atoms with van der Waals surface area (Å²) in [7, 11) is -3.78. The number of benzene rings is 1. The second-order valence-electron chi connectivity index (χ2n) is 5.08. The molecule has 0 aliphatic carbocycles. The van der Waals surface area contributed by atoms with E-state index in [4.69, 9.17) is 13.8 Å². The highest BCUT2D eigenvalue weighted by Gasteiger charge is 2.38. The first kappa shape index (κ1) is 22.6. The third-order valence-corrected chi connectivity index (χ3v) is 5.58. The van der Waals surface area contributed by atoms with Gasteiger partial charge in [-0.3, -0.25) is 14.7 Å². The van der Waals surface area contributed by atoms with Gasteiger partial charge in [-0.2, -0.15) is 13.2 Å². The zero-order valence-corrected chi connectivity index (χ0v) is 15.7. The van der Waals surface area contributed by atoms with Gasteiger partial charge in [-0.05, 0) is 38.5 Å². The fourth-order valence-corrected chi connectivity index (χ4v) is 4.15. The minimum atomic E-state index is -4.49. The van der Waals surface area contributed by atoms with Crippen molar-refractivity contribution in [2.45, 2.75) is 32.7 Å². The summed E-state index contributed by atoms with van der Waals surface area (Å²) in [5.41, 5.74) is -0.597. The lowest BCUT2D eigenvalue weighted by molar-refractivity contribution is -0.142. The van der Waals surface area contributed by atoms with E-state index in [1.807, 2.05) is 0 Å². The molecular formula is C16H23F3NO5P. The van der Waals surface area contributed by atoms with Crippen molar-refractivity contribution in [1.29, 1.82) is 0 Å². The standard InChI is InChI=1S/C16H23F3NO5P/c1-4-23-14(21)11-20-15(26(22,24-5-2)25-6-3)12-7-9-13(10-8-12)16(17,18)19/h7-10,15,20H,4-6,11H2,1-3H3. The van der Waals surface area contributed by atoms with Gasteiger partial charge in [0.1, 0.15) is 5.78 Å². The second-order valence-corrected chi connectivity index (χ2v) is 7.20. The van der Waals surface area contributed by atoms with Gasteiger partial charge in [0.2, 0.25) is 0 Å². The van der Waals surface area contributed by atoms with Crippen molar-refractivity contribution in [3.63, 3.8) is 0 Å². The quantitative estimate of drug-likeness (QED) is 0.473. The smallest absolute Gasteiger partial charge is 0.416 e. The summed E-state index contributed by atoms with van der Waals surface area (Å²) < 4.78 is 66.7. The van der Waals surface area contributed by atoms with Crippen LogP contribution in [0.3, 0.4) is 0 Å². The van der Waals surface area contributed by atoms with Crippen molar-refractivity contribution >= 4 is 13.6 Å². The molecule has 1 atom stereocenters. The van der Waals surface area contributed by atoms with E-state index in [1.54, 1.807) is 20.8 Å². The van der Waals surface area contributed by atoms with Gasteiger partial charge in [0.25, 0.3) is 0 Å². The third-order valence-electron chi connectivity index (χ3n) is 3.23. The molecule has 0 saturated carbocycles. The molecule has 0 heterocycles. The molecule has 0 aromatic heterocycles. The zero-order valence-electron chi connectivity index (χ0n) is 14.8. The summed E-state index contributed by atoms with van der Waals surface area (Å²) in [5.74, 6) is -1.71. The third kappa shape index (κ3) is 6.39. The van der Waals surface area contributed by atoms with E-state index in [2.05, 4.69) is 5.32 Å². The molecule has 1 unspecified atom stereocenters. The van der Waals surface area contributed by atoms with Gasteiger partial charge in [0, 0.05) is 0 Å². The Morgan fingerprint density at radius 2 is 1.62 bits per heavy atom. The summed E-state index contributed by atoms with van der Waals surface area (Å²) in [6, 6.07) is 4.10. The first-order valence-corrected chi connectivity index (χ1v) is 9.74. The fraction of sp³-hybridized carbons (Fsp3) is 0.562. The van der Waals surface area contributed by atoms with Gasteiger partial charge in [-0.25, -0.2) is 0 Å². The minimum Gasteiger partial charge on any atom is -0.465 e. The number of carbonyl (C=O) groups is 1. The Morgan fingerprint density at radius 3 is 2.04 bits per heavy atom. The molecule has 10 heteroatoms.